The summed E-state index contributed by atoms with van der Waals surface area (Å²) in [6.07, 6.45) is -0.515. The van der Waals surface area contributed by atoms with E-state index < -0.39 is 41.3 Å². The molecule has 2 rings (SSSR count). The van der Waals surface area contributed by atoms with Crippen molar-refractivity contribution < 1.29 is 38.1 Å². The van der Waals surface area contributed by atoms with Crippen molar-refractivity contribution in [2.75, 3.05) is 27.9 Å². The topological polar surface area (TPSA) is 124 Å². The van der Waals surface area contributed by atoms with E-state index in [1.54, 1.807) is 12.1 Å². The quantitative estimate of drug-likeness (QED) is 0.427. The van der Waals surface area contributed by atoms with Gasteiger partial charge in [0.2, 0.25) is 11.7 Å². The summed E-state index contributed by atoms with van der Waals surface area (Å²) in [7, 11) is 3.87. The van der Waals surface area contributed by atoms with Crippen LogP contribution < -0.4 is 5.32 Å². The monoisotopic (exact) mass is 422 g/mol. The minimum absolute atomic E-state index is 0.00816. The number of nitrogens with zero attached hydrogens (tertiary/aromatic N) is 1. The zero-order valence-electron chi connectivity index (χ0n) is 16.8. The van der Waals surface area contributed by atoms with E-state index in [-0.39, 0.29) is 24.5 Å². The van der Waals surface area contributed by atoms with E-state index in [0.29, 0.717) is 6.42 Å². The molecule has 1 aromatic rings. The maximum Gasteiger partial charge on any atom is 0.358 e. The molecular formula is C20H23FN2O7. The number of aliphatic carboxylic acids is 1. The Morgan fingerprint density at radius 3 is 2.37 bits per heavy atom. The van der Waals surface area contributed by atoms with Gasteiger partial charge in [0.15, 0.2) is 17.7 Å². The lowest BCUT2D eigenvalue weighted by Gasteiger charge is -2.25. The van der Waals surface area contributed by atoms with Crippen molar-refractivity contribution in [3.05, 3.63) is 47.1 Å². The third-order valence-corrected chi connectivity index (χ3v) is 4.49. The first-order chi connectivity index (χ1) is 14.3. The fraction of sp³-hybridized carbons (Fsp3) is 0.400. The van der Waals surface area contributed by atoms with E-state index in [9.17, 15) is 23.9 Å². The fourth-order valence-electron chi connectivity index (χ4n) is 2.95. The number of carboxylic acids is 1. The number of aliphatic imine (C=N–C) groups is 1. The molecule has 0 spiro atoms. The van der Waals surface area contributed by atoms with Gasteiger partial charge in [-0.1, -0.05) is 12.1 Å². The summed E-state index contributed by atoms with van der Waals surface area (Å²) in [6.45, 7) is 0.178. The third kappa shape index (κ3) is 5.49. The van der Waals surface area contributed by atoms with Gasteiger partial charge in [-0.05, 0) is 24.1 Å². The number of nitrogens with one attached hydrogen (secondary N) is 1. The van der Waals surface area contributed by atoms with Crippen LogP contribution in [0.5, 0.6) is 0 Å². The van der Waals surface area contributed by atoms with Gasteiger partial charge in [-0.15, -0.1) is 0 Å². The maximum atomic E-state index is 13.0. The van der Waals surface area contributed by atoms with Crippen LogP contribution in [0.25, 0.3) is 0 Å². The second-order valence-corrected chi connectivity index (χ2v) is 6.36. The summed E-state index contributed by atoms with van der Waals surface area (Å²) in [5.74, 6) is -5.19. The Bertz CT molecular complexity index is 860. The third-order valence-electron chi connectivity index (χ3n) is 4.49. The molecule has 0 bridgehead atoms. The Morgan fingerprint density at radius 1 is 1.20 bits per heavy atom. The smallest absolute Gasteiger partial charge is 0.358 e. The molecule has 1 unspecified atom stereocenters. The Hall–Kier alpha value is -3.11. The summed E-state index contributed by atoms with van der Waals surface area (Å²) < 4.78 is 28.1. The molecule has 0 aliphatic carbocycles. The number of hydrogen-bond donors (Lipinski definition) is 2. The van der Waals surface area contributed by atoms with Crippen molar-refractivity contribution >= 4 is 23.4 Å². The highest BCUT2D eigenvalue weighted by atomic mass is 19.1. The van der Waals surface area contributed by atoms with Crippen molar-refractivity contribution in [3.8, 4) is 0 Å². The fourth-order valence-corrected chi connectivity index (χ4v) is 2.95. The Labute approximate surface area is 172 Å². The van der Waals surface area contributed by atoms with Gasteiger partial charge in [0.05, 0.1) is 7.11 Å². The first kappa shape index (κ1) is 23.2. The zero-order valence-corrected chi connectivity index (χ0v) is 16.8. The van der Waals surface area contributed by atoms with Crippen LogP contribution in [0.15, 0.2) is 40.7 Å². The van der Waals surface area contributed by atoms with Crippen molar-refractivity contribution in [2.24, 2.45) is 10.9 Å². The number of ketones is 1. The number of carboxylic acid groups (broad SMARTS) is 1. The predicted molar refractivity (Wildman–Crippen MR) is 103 cm³/mol. The lowest BCUT2D eigenvalue weighted by atomic mass is 9.90. The standard InChI is InChI=1S/C20H23FN2O7/c1-28-14(29-2)10-13-15(17(24)18(30-3)16(23-13)20(26)27)19(25)22-9-8-11-4-6-12(21)7-5-11/h4-7,14-15H,8-10H2,1-3H3,(H,22,25)(H,26,27). The highest BCUT2D eigenvalue weighted by Gasteiger charge is 2.41. The van der Waals surface area contributed by atoms with Crippen molar-refractivity contribution in [2.45, 2.75) is 19.1 Å². The van der Waals surface area contributed by atoms with E-state index >= 15 is 0 Å². The first-order valence-corrected chi connectivity index (χ1v) is 9.03. The molecule has 1 atom stereocenters. The van der Waals surface area contributed by atoms with Crippen LogP contribution in [0.2, 0.25) is 0 Å². The SMILES string of the molecule is COC1=C(C(=O)O)N=C(CC(OC)OC)C(C(=O)NCCc2ccc(F)cc2)C1=O. The van der Waals surface area contributed by atoms with Crippen molar-refractivity contribution in [1.29, 1.82) is 0 Å². The Morgan fingerprint density at radius 2 is 1.83 bits per heavy atom. The largest absolute Gasteiger partial charge is 0.491 e. The number of allylic oxidation sites excluding steroid dienone is 1. The molecule has 9 nitrogen and oxygen atoms in total. The number of amides is 1. The zero-order chi connectivity index (χ0) is 22.3. The molecule has 10 heteroatoms. The van der Waals surface area contributed by atoms with Crippen LogP contribution in [0.3, 0.4) is 0 Å². The predicted octanol–water partition coefficient (Wildman–Crippen LogP) is 1.08. The minimum Gasteiger partial charge on any atom is -0.491 e. The van der Waals surface area contributed by atoms with Gasteiger partial charge in [0, 0.05) is 32.9 Å². The summed E-state index contributed by atoms with van der Waals surface area (Å²) >= 11 is 0. The van der Waals surface area contributed by atoms with Crippen LogP contribution in [0.1, 0.15) is 12.0 Å². The van der Waals surface area contributed by atoms with Gasteiger partial charge in [-0.3, -0.25) is 9.59 Å². The lowest BCUT2D eigenvalue weighted by Crippen LogP contribution is -2.45. The number of ether oxygens (including phenoxy) is 3. The molecule has 1 aromatic carbocycles. The normalized spacial score (nSPS) is 16.5. The van der Waals surface area contributed by atoms with Gasteiger partial charge in [-0.25, -0.2) is 14.2 Å². The molecule has 0 fully saturated rings. The van der Waals surface area contributed by atoms with Crippen LogP contribution in [0.4, 0.5) is 4.39 Å². The first-order valence-electron chi connectivity index (χ1n) is 9.03. The highest BCUT2D eigenvalue weighted by molar-refractivity contribution is 6.27. The molecule has 162 valence electrons. The van der Waals surface area contributed by atoms with E-state index in [1.165, 1.54) is 26.4 Å². The summed E-state index contributed by atoms with van der Waals surface area (Å²) in [5.41, 5.74) is 0.204. The number of carbonyl (C=O) groups is 3. The van der Waals surface area contributed by atoms with Crippen molar-refractivity contribution in [3.63, 3.8) is 0 Å². The van der Waals surface area contributed by atoms with Gasteiger partial charge in [0.1, 0.15) is 11.7 Å². The number of rotatable bonds is 10. The molecule has 30 heavy (non-hydrogen) atoms. The van der Waals surface area contributed by atoms with Gasteiger partial charge in [0.25, 0.3) is 0 Å². The van der Waals surface area contributed by atoms with E-state index in [1.807, 2.05) is 0 Å². The van der Waals surface area contributed by atoms with Gasteiger partial charge < -0.3 is 24.6 Å². The van der Waals surface area contributed by atoms with E-state index in [4.69, 9.17) is 14.2 Å². The maximum absolute atomic E-state index is 13.0. The highest BCUT2D eigenvalue weighted by Crippen LogP contribution is 2.25. The minimum atomic E-state index is -1.46. The van der Waals surface area contributed by atoms with Crippen LogP contribution in [-0.4, -0.2) is 62.6 Å². The van der Waals surface area contributed by atoms with E-state index in [0.717, 1.165) is 12.7 Å². The van der Waals surface area contributed by atoms with Crippen LogP contribution in [-0.2, 0) is 35.0 Å². The number of halogens is 1. The van der Waals surface area contributed by atoms with Crippen LogP contribution in [0, 0.1) is 11.7 Å². The number of benzene rings is 1. The Kier molecular flexibility index (Phi) is 8.19. The Balaban J connectivity index is 2.21. The lowest BCUT2D eigenvalue weighted by molar-refractivity contribution is -0.136. The molecule has 0 saturated carbocycles. The molecular weight excluding hydrogens is 399 g/mol. The molecule has 0 aromatic heterocycles. The molecule has 0 saturated heterocycles. The number of carbonyl (C=O) groups excluding carboxylic acids is 2. The number of hydrogen-bond acceptors (Lipinski definition) is 7. The molecule has 1 amide bonds. The molecule has 1 heterocycles. The van der Waals surface area contributed by atoms with Gasteiger partial charge in [-0.2, -0.15) is 0 Å². The summed E-state index contributed by atoms with van der Waals surface area (Å²) in [4.78, 5) is 41.1. The van der Waals surface area contributed by atoms with Gasteiger partial charge >= 0.3 is 5.97 Å². The number of methoxy groups -OCH3 is 3. The van der Waals surface area contributed by atoms with E-state index in [2.05, 4.69) is 10.3 Å². The molecule has 1 aliphatic rings. The molecule has 0 radical (unpaired) electrons. The average Bonchev–Trinajstić information content (AvgIpc) is 2.72. The average molecular weight is 422 g/mol. The second kappa shape index (κ2) is 10.6. The second-order valence-electron chi connectivity index (χ2n) is 6.36. The van der Waals surface area contributed by atoms with Crippen LogP contribution >= 0.6 is 0 Å². The summed E-state index contributed by atoms with van der Waals surface area (Å²) in [5, 5.41) is 12.0. The summed E-state index contributed by atoms with van der Waals surface area (Å²) in [6, 6.07) is 5.80. The molecule has 1 aliphatic heterocycles. The number of Topliss-reactive ketones (excluding diaryl/α,β-unsaturated/α-hetero) is 1. The molecule has 2 N–H and O–H groups in total. The van der Waals surface area contributed by atoms with Crippen molar-refractivity contribution in [1.82, 2.24) is 5.32 Å².